The molecule has 0 aromatic carbocycles. The van der Waals surface area contributed by atoms with Crippen molar-refractivity contribution in [2.75, 3.05) is 39.5 Å². The van der Waals surface area contributed by atoms with Crippen molar-refractivity contribution >= 4 is 0 Å². The molecule has 0 saturated carbocycles. The average molecular weight is 682 g/mol. The Hall–Kier alpha value is -0.160. The Morgan fingerprint density at radius 3 is 1.31 bits per heavy atom. The van der Waals surface area contributed by atoms with E-state index in [0.717, 1.165) is 51.4 Å². The summed E-state index contributed by atoms with van der Waals surface area (Å²) in [5.41, 5.74) is 0. The van der Waals surface area contributed by atoms with Crippen LogP contribution in [0.2, 0.25) is 0 Å². The zero-order valence-electron chi connectivity index (χ0n) is 33.9. The summed E-state index contributed by atoms with van der Waals surface area (Å²) in [6, 6.07) is 0. The standard InChI is InChI=1S/C44H91NO3/c1-6-11-16-20-22-25-33-42(32-24-18-13-8-3)41-47-39-30-28-37-45(36-15-10-5)38-29-31-40-48-44(46)43(34-26-19-14-9-4)35-27-23-21-17-12-7-2/h42-44,46H,6-41H2,1-5H3. The van der Waals surface area contributed by atoms with Gasteiger partial charge in [-0.05, 0) is 83.3 Å². The Kier molecular flexibility index (Phi) is 39.5. The molecule has 0 radical (unpaired) electrons. The molecule has 48 heavy (non-hydrogen) atoms. The predicted molar refractivity (Wildman–Crippen MR) is 213 cm³/mol. The summed E-state index contributed by atoms with van der Waals surface area (Å²) >= 11 is 0. The summed E-state index contributed by atoms with van der Waals surface area (Å²) in [6.07, 6.45) is 38.3. The first kappa shape index (κ1) is 47.8. The first-order valence-electron chi connectivity index (χ1n) is 22.2. The summed E-state index contributed by atoms with van der Waals surface area (Å²) in [4.78, 5) is 2.67. The molecule has 3 atom stereocenters. The summed E-state index contributed by atoms with van der Waals surface area (Å²) in [7, 11) is 0. The second-order valence-electron chi connectivity index (χ2n) is 15.4. The Morgan fingerprint density at radius 1 is 0.417 bits per heavy atom. The Morgan fingerprint density at radius 2 is 0.812 bits per heavy atom. The van der Waals surface area contributed by atoms with Gasteiger partial charge in [-0.15, -0.1) is 0 Å². The molecular formula is C44H91NO3. The SMILES string of the molecule is CCCCCCCCC(CCCCCC)COCCCCN(CCCC)CCCCOC(O)C(CCCCCC)CCCCCCCC. The monoisotopic (exact) mass is 682 g/mol. The van der Waals surface area contributed by atoms with Gasteiger partial charge in [0.1, 0.15) is 0 Å². The van der Waals surface area contributed by atoms with Gasteiger partial charge in [0.25, 0.3) is 0 Å². The average Bonchev–Trinajstić information content (AvgIpc) is 3.09. The third-order valence-electron chi connectivity index (χ3n) is 10.5. The lowest BCUT2D eigenvalue weighted by molar-refractivity contribution is -0.138. The molecule has 0 spiro atoms. The molecule has 0 aliphatic carbocycles. The zero-order chi connectivity index (χ0) is 35.2. The maximum Gasteiger partial charge on any atom is 0.157 e. The van der Waals surface area contributed by atoms with Crippen LogP contribution in [-0.4, -0.2) is 55.8 Å². The van der Waals surface area contributed by atoms with E-state index >= 15 is 0 Å². The van der Waals surface area contributed by atoms with Crippen molar-refractivity contribution in [2.24, 2.45) is 11.8 Å². The van der Waals surface area contributed by atoms with Gasteiger partial charge in [-0.25, -0.2) is 0 Å². The van der Waals surface area contributed by atoms with Crippen LogP contribution in [0.25, 0.3) is 0 Å². The summed E-state index contributed by atoms with van der Waals surface area (Å²) in [6.45, 7) is 17.6. The van der Waals surface area contributed by atoms with Gasteiger partial charge in [0, 0.05) is 25.7 Å². The first-order valence-corrected chi connectivity index (χ1v) is 22.2. The number of unbranched alkanes of at least 4 members (excludes halogenated alkanes) is 19. The van der Waals surface area contributed by atoms with Crippen LogP contribution in [0.3, 0.4) is 0 Å². The van der Waals surface area contributed by atoms with E-state index in [1.807, 2.05) is 0 Å². The Balaban J connectivity index is 4.36. The van der Waals surface area contributed by atoms with Crippen molar-refractivity contribution in [1.29, 1.82) is 0 Å². The molecule has 0 rings (SSSR count). The van der Waals surface area contributed by atoms with E-state index in [0.29, 0.717) is 12.5 Å². The van der Waals surface area contributed by atoms with E-state index in [1.165, 1.54) is 180 Å². The number of aliphatic hydroxyl groups is 1. The zero-order valence-corrected chi connectivity index (χ0v) is 33.9. The second kappa shape index (κ2) is 39.6. The molecule has 0 heterocycles. The summed E-state index contributed by atoms with van der Waals surface area (Å²) in [5.74, 6) is 1.07. The van der Waals surface area contributed by atoms with Crippen molar-refractivity contribution < 1.29 is 14.6 Å². The summed E-state index contributed by atoms with van der Waals surface area (Å²) < 4.78 is 12.4. The fraction of sp³-hybridized carbons (Fsp3) is 1.00. The fourth-order valence-electron chi connectivity index (χ4n) is 7.12. The second-order valence-corrected chi connectivity index (χ2v) is 15.4. The minimum absolute atomic E-state index is 0.309. The highest BCUT2D eigenvalue weighted by atomic mass is 16.6. The first-order chi connectivity index (χ1) is 23.6. The van der Waals surface area contributed by atoms with Crippen molar-refractivity contribution in [3.05, 3.63) is 0 Å². The molecule has 0 aliphatic heterocycles. The molecule has 1 N–H and O–H groups in total. The van der Waals surface area contributed by atoms with Crippen LogP contribution in [0.5, 0.6) is 0 Å². The molecular weight excluding hydrogens is 590 g/mol. The molecule has 0 fully saturated rings. The highest BCUT2D eigenvalue weighted by molar-refractivity contribution is 4.65. The molecule has 290 valence electrons. The van der Waals surface area contributed by atoms with Gasteiger partial charge in [0.15, 0.2) is 6.29 Å². The number of hydrogen-bond donors (Lipinski definition) is 1. The molecule has 0 aromatic heterocycles. The predicted octanol–water partition coefficient (Wildman–Crippen LogP) is 13.7. The van der Waals surface area contributed by atoms with E-state index in [-0.39, 0.29) is 0 Å². The van der Waals surface area contributed by atoms with Crippen LogP contribution in [0, 0.1) is 11.8 Å². The molecule has 0 bridgehead atoms. The number of ether oxygens (including phenoxy) is 2. The topological polar surface area (TPSA) is 41.9 Å². The maximum atomic E-state index is 11.0. The van der Waals surface area contributed by atoms with Crippen molar-refractivity contribution in [3.8, 4) is 0 Å². The smallest absolute Gasteiger partial charge is 0.157 e. The van der Waals surface area contributed by atoms with Gasteiger partial charge < -0.3 is 19.5 Å². The van der Waals surface area contributed by atoms with E-state index in [2.05, 4.69) is 39.5 Å². The normalized spacial score (nSPS) is 13.8. The third-order valence-corrected chi connectivity index (χ3v) is 10.5. The Bertz CT molecular complexity index is 587. The molecule has 3 unspecified atom stereocenters. The highest BCUT2D eigenvalue weighted by Crippen LogP contribution is 2.23. The van der Waals surface area contributed by atoms with E-state index in [1.54, 1.807) is 0 Å². The van der Waals surface area contributed by atoms with E-state index in [4.69, 9.17) is 9.47 Å². The van der Waals surface area contributed by atoms with Crippen molar-refractivity contribution in [2.45, 2.75) is 234 Å². The minimum Gasteiger partial charge on any atom is -0.381 e. The van der Waals surface area contributed by atoms with Gasteiger partial charge in [0.2, 0.25) is 0 Å². The van der Waals surface area contributed by atoms with Crippen LogP contribution in [-0.2, 0) is 9.47 Å². The van der Waals surface area contributed by atoms with Gasteiger partial charge in [-0.2, -0.15) is 0 Å². The largest absolute Gasteiger partial charge is 0.381 e. The fourth-order valence-corrected chi connectivity index (χ4v) is 7.12. The van der Waals surface area contributed by atoms with E-state index in [9.17, 15) is 5.11 Å². The number of hydrogen-bond acceptors (Lipinski definition) is 4. The van der Waals surface area contributed by atoms with Gasteiger partial charge in [0.05, 0.1) is 0 Å². The third kappa shape index (κ3) is 33.0. The quantitative estimate of drug-likeness (QED) is 0.0515. The highest BCUT2D eigenvalue weighted by Gasteiger charge is 2.19. The molecule has 0 aliphatic rings. The Labute approximate surface area is 303 Å². The molecule has 0 aromatic rings. The molecule has 4 heteroatoms. The van der Waals surface area contributed by atoms with Crippen molar-refractivity contribution in [3.63, 3.8) is 0 Å². The van der Waals surface area contributed by atoms with Crippen LogP contribution in [0.4, 0.5) is 0 Å². The van der Waals surface area contributed by atoms with E-state index < -0.39 is 6.29 Å². The lowest BCUT2D eigenvalue weighted by Gasteiger charge is -2.24. The molecule has 0 saturated heterocycles. The van der Waals surface area contributed by atoms with Crippen LogP contribution in [0.1, 0.15) is 227 Å². The summed E-state index contributed by atoms with van der Waals surface area (Å²) in [5, 5.41) is 11.0. The van der Waals surface area contributed by atoms with Gasteiger partial charge in [-0.3, -0.25) is 0 Å². The van der Waals surface area contributed by atoms with Crippen LogP contribution >= 0.6 is 0 Å². The molecule has 4 nitrogen and oxygen atoms in total. The van der Waals surface area contributed by atoms with Gasteiger partial charge >= 0.3 is 0 Å². The van der Waals surface area contributed by atoms with Crippen LogP contribution < -0.4 is 0 Å². The number of nitrogens with zero attached hydrogens (tertiary/aromatic N) is 1. The van der Waals surface area contributed by atoms with Crippen LogP contribution in [0.15, 0.2) is 0 Å². The molecule has 0 amide bonds. The van der Waals surface area contributed by atoms with Gasteiger partial charge in [-0.1, -0.05) is 169 Å². The lowest BCUT2D eigenvalue weighted by atomic mass is 9.93. The van der Waals surface area contributed by atoms with Crippen molar-refractivity contribution in [1.82, 2.24) is 4.90 Å². The minimum atomic E-state index is -0.583. The number of rotatable bonds is 41. The number of aliphatic hydroxyl groups excluding tert-OH is 1. The maximum absolute atomic E-state index is 11.0. The lowest BCUT2D eigenvalue weighted by Crippen LogP contribution is -2.28.